The van der Waals surface area contributed by atoms with Gasteiger partial charge in [-0.05, 0) is 43.3 Å². The molecule has 6 heteroatoms. The zero-order valence-electron chi connectivity index (χ0n) is 13.0. The average Bonchev–Trinajstić information content (AvgIpc) is 2.49. The van der Waals surface area contributed by atoms with Gasteiger partial charge in [0, 0.05) is 10.0 Å². The van der Waals surface area contributed by atoms with E-state index in [1.54, 1.807) is 43.3 Å². The van der Waals surface area contributed by atoms with Crippen molar-refractivity contribution in [1.82, 2.24) is 9.97 Å². The zero-order valence-corrected chi connectivity index (χ0v) is 14.5. The molecule has 0 spiro atoms. The van der Waals surface area contributed by atoms with E-state index in [4.69, 9.17) is 27.9 Å². The van der Waals surface area contributed by atoms with Gasteiger partial charge in [0.15, 0.2) is 0 Å². The summed E-state index contributed by atoms with van der Waals surface area (Å²) >= 11 is 11.8. The van der Waals surface area contributed by atoms with Gasteiger partial charge in [0.1, 0.15) is 17.3 Å². The Morgan fingerprint density at radius 1 is 1.00 bits per heavy atom. The van der Waals surface area contributed by atoms with Gasteiger partial charge < -0.3 is 9.72 Å². The lowest BCUT2D eigenvalue weighted by molar-refractivity contribution is 0.483. The summed E-state index contributed by atoms with van der Waals surface area (Å²) in [5.74, 6) is 1.59. The van der Waals surface area contributed by atoms with E-state index in [-0.39, 0.29) is 5.56 Å². The fourth-order valence-corrected chi connectivity index (χ4v) is 2.53. The minimum absolute atomic E-state index is 0.202. The Bertz CT molecular complexity index is 871. The molecule has 120 valence electrons. The van der Waals surface area contributed by atoms with Crippen LogP contribution in [0.4, 0.5) is 0 Å². The number of halogens is 2. The van der Waals surface area contributed by atoms with E-state index in [0.29, 0.717) is 38.3 Å². The average molecular weight is 351 g/mol. The first-order valence-electron chi connectivity index (χ1n) is 7.16. The van der Waals surface area contributed by atoms with Crippen LogP contribution in [-0.4, -0.2) is 9.97 Å². The number of nitrogens with zero attached hydrogens (tertiary/aromatic N) is 1. The predicted molar refractivity (Wildman–Crippen MR) is 95.0 cm³/mol. The molecule has 0 saturated heterocycles. The van der Waals surface area contributed by atoms with E-state index >= 15 is 0 Å². The summed E-state index contributed by atoms with van der Waals surface area (Å²) in [6.07, 6.45) is 0. The van der Waals surface area contributed by atoms with E-state index in [1.165, 1.54) is 0 Å². The molecule has 0 aliphatic carbocycles. The molecule has 0 aliphatic rings. The van der Waals surface area contributed by atoms with E-state index in [0.717, 1.165) is 0 Å². The fourth-order valence-electron chi connectivity index (χ4n) is 2.02. The Kier molecular flexibility index (Phi) is 5.64. The van der Waals surface area contributed by atoms with Crippen LogP contribution in [0.5, 0.6) is 11.5 Å². The highest BCUT2D eigenvalue weighted by atomic mass is 35.5. The van der Waals surface area contributed by atoms with Gasteiger partial charge >= 0.3 is 0 Å². The van der Waals surface area contributed by atoms with Crippen molar-refractivity contribution in [3.8, 4) is 11.5 Å². The van der Waals surface area contributed by atoms with Gasteiger partial charge in [0.05, 0.1) is 10.9 Å². The standard InChI is InChI=1S/C15H10Cl2N2O2.C2H6/c1-8-18-14-3-2-11(7-13(14)15(20)19-8)21-12-5-9(16)4-10(17)6-12;1-2/h2-7H,1H3,(H,18,19,20);1-2H3. The summed E-state index contributed by atoms with van der Waals surface area (Å²) in [4.78, 5) is 18.8. The van der Waals surface area contributed by atoms with Crippen molar-refractivity contribution in [3.63, 3.8) is 0 Å². The minimum atomic E-state index is -0.202. The molecule has 0 radical (unpaired) electrons. The molecular formula is C17H16Cl2N2O2. The van der Waals surface area contributed by atoms with Crippen molar-refractivity contribution in [3.05, 3.63) is 62.6 Å². The highest BCUT2D eigenvalue weighted by Gasteiger charge is 2.06. The van der Waals surface area contributed by atoms with E-state index in [1.807, 2.05) is 13.8 Å². The first-order chi connectivity index (χ1) is 11.0. The number of aromatic amines is 1. The topological polar surface area (TPSA) is 55.0 Å². The molecule has 0 amide bonds. The number of H-pyrrole nitrogens is 1. The van der Waals surface area contributed by atoms with Crippen LogP contribution in [0, 0.1) is 6.92 Å². The van der Waals surface area contributed by atoms with Gasteiger partial charge in [-0.15, -0.1) is 0 Å². The molecule has 3 rings (SSSR count). The van der Waals surface area contributed by atoms with Crippen LogP contribution in [0.3, 0.4) is 0 Å². The molecule has 0 fully saturated rings. The number of nitrogens with one attached hydrogen (secondary N) is 1. The molecule has 23 heavy (non-hydrogen) atoms. The Morgan fingerprint density at radius 2 is 1.65 bits per heavy atom. The van der Waals surface area contributed by atoms with Crippen LogP contribution < -0.4 is 10.3 Å². The number of aryl methyl sites for hydroxylation is 1. The van der Waals surface area contributed by atoms with Gasteiger partial charge in [-0.1, -0.05) is 37.0 Å². The first kappa shape index (κ1) is 17.3. The van der Waals surface area contributed by atoms with Crippen LogP contribution in [0.25, 0.3) is 10.9 Å². The maximum absolute atomic E-state index is 11.9. The lowest BCUT2D eigenvalue weighted by Crippen LogP contribution is -2.09. The lowest BCUT2D eigenvalue weighted by Gasteiger charge is -2.07. The van der Waals surface area contributed by atoms with Crippen molar-refractivity contribution < 1.29 is 4.74 Å². The molecule has 4 nitrogen and oxygen atoms in total. The normalized spacial score (nSPS) is 10.1. The smallest absolute Gasteiger partial charge is 0.258 e. The Labute approximate surface area is 144 Å². The number of ether oxygens (including phenoxy) is 1. The van der Waals surface area contributed by atoms with Crippen LogP contribution in [0.1, 0.15) is 19.7 Å². The summed E-state index contributed by atoms with van der Waals surface area (Å²) in [6, 6.07) is 10.0. The number of aromatic nitrogens is 2. The maximum atomic E-state index is 11.9. The monoisotopic (exact) mass is 350 g/mol. The molecule has 3 aromatic rings. The number of hydrogen-bond donors (Lipinski definition) is 1. The van der Waals surface area contributed by atoms with E-state index < -0.39 is 0 Å². The predicted octanol–water partition coefficient (Wildman–Crippen LogP) is 5.36. The number of hydrogen-bond acceptors (Lipinski definition) is 3. The lowest BCUT2D eigenvalue weighted by atomic mass is 10.2. The SMILES string of the molecule is CC.Cc1nc2ccc(Oc3cc(Cl)cc(Cl)c3)cc2c(=O)[nH]1. The van der Waals surface area contributed by atoms with Crippen LogP contribution in [0.2, 0.25) is 10.0 Å². The second kappa shape index (κ2) is 7.49. The minimum Gasteiger partial charge on any atom is -0.457 e. The van der Waals surface area contributed by atoms with Crippen LogP contribution in [0.15, 0.2) is 41.2 Å². The molecule has 1 N–H and O–H groups in total. The molecular weight excluding hydrogens is 335 g/mol. The fraction of sp³-hybridized carbons (Fsp3) is 0.176. The second-order valence-corrected chi connectivity index (χ2v) is 5.41. The summed E-state index contributed by atoms with van der Waals surface area (Å²) in [5.41, 5.74) is 0.416. The highest BCUT2D eigenvalue weighted by Crippen LogP contribution is 2.29. The van der Waals surface area contributed by atoms with Crippen molar-refractivity contribution in [2.24, 2.45) is 0 Å². The van der Waals surface area contributed by atoms with Crippen molar-refractivity contribution >= 4 is 34.1 Å². The third kappa shape index (κ3) is 4.24. The van der Waals surface area contributed by atoms with Gasteiger partial charge in [-0.3, -0.25) is 4.79 Å². The largest absolute Gasteiger partial charge is 0.457 e. The van der Waals surface area contributed by atoms with Gasteiger partial charge in [0.2, 0.25) is 0 Å². The zero-order chi connectivity index (χ0) is 17.0. The Hall–Kier alpha value is -2.04. The second-order valence-electron chi connectivity index (χ2n) is 4.54. The third-order valence-electron chi connectivity index (χ3n) is 2.87. The number of fused-ring (bicyclic) bond motifs is 1. The van der Waals surface area contributed by atoms with E-state index in [9.17, 15) is 4.79 Å². The summed E-state index contributed by atoms with van der Waals surface area (Å²) in [5, 5.41) is 1.42. The van der Waals surface area contributed by atoms with Gasteiger partial charge in [-0.2, -0.15) is 0 Å². The molecule has 0 unspecified atom stereocenters. The molecule has 0 saturated carbocycles. The molecule has 1 heterocycles. The first-order valence-corrected chi connectivity index (χ1v) is 7.91. The Balaban J connectivity index is 0.000000924. The molecule has 0 atom stereocenters. The van der Waals surface area contributed by atoms with Crippen LogP contribution >= 0.6 is 23.2 Å². The Morgan fingerprint density at radius 3 is 2.30 bits per heavy atom. The summed E-state index contributed by atoms with van der Waals surface area (Å²) < 4.78 is 5.68. The van der Waals surface area contributed by atoms with Crippen molar-refractivity contribution in [2.45, 2.75) is 20.8 Å². The van der Waals surface area contributed by atoms with Gasteiger partial charge in [0.25, 0.3) is 5.56 Å². The summed E-state index contributed by atoms with van der Waals surface area (Å²) in [6.45, 7) is 5.74. The number of rotatable bonds is 2. The molecule has 0 bridgehead atoms. The van der Waals surface area contributed by atoms with Crippen LogP contribution in [-0.2, 0) is 0 Å². The quantitative estimate of drug-likeness (QED) is 0.676. The van der Waals surface area contributed by atoms with E-state index in [2.05, 4.69) is 9.97 Å². The molecule has 1 aromatic heterocycles. The molecule has 0 aliphatic heterocycles. The highest BCUT2D eigenvalue weighted by molar-refractivity contribution is 6.34. The maximum Gasteiger partial charge on any atom is 0.258 e. The van der Waals surface area contributed by atoms with Crippen molar-refractivity contribution in [1.29, 1.82) is 0 Å². The van der Waals surface area contributed by atoms with Gasteiger partial charge in [-0.25, -0.2) is 4.98 Å². The summed E-state index contributed by atoms with van der Waals surface area (Å²) in [7, 11) is 0. The third-order valence-corrected chi connectivity index (χ3v) is 3.30. The van der Waals surface area contributed by atoms with Crippen molar-refractivity contribution in [2.75, 3.05) is 0 Å². The number of benzene rings is 2. The molecule has 2 aromatic carbocycles.